The zero-order valence-corrected chi connectivity index (χ0v) is 17.8. The lowest BCUT2D eigenvalue weighted by Crippen LogP contribution is -2.16. The molecule has 0 unspecified atom stereocenters. The number of aliphatic hydroxyl groups excluding tert-OH is 1. The molecule has 1 aromatic heterocycles. The van der Waals surface area contributed by atoms with E-state index in [0.717, 1.165) is 11.8 Å². The average molecular weight is 463 g/mol. The number of aryl methyl sites for hydroxylation is 1. The molecule has 0 bridgehead atoms. The van der Waals surface area contributed by atoms with E-state index in [9.17, 15) is 23.2 Å². The van der Waals surface area contributed by atoms with Gasteiger partial charge in [0.05, 0.1) is 16.9 Å². The molecule has 3 aromatic rings. The zero-order valence-electron chi connectivity index (χ0n) is 17.8. The maximum Gasteiger partial charge on any atom is 0.256 e. The molecule has 0 saturated heterocycles. The zero-order chi connectivity index (χ0) is 24.0. The molecule has 2 aromatic carbocycles. The third kappa shape index (κ3) is 3.69. The van der Waals surface area contributed by atoms with Crippen LogP contribution in [-0.4, -0.2) is 34.3 Å². The number of H-pyrrole nitrogens is 1. The molecule has 0 fully saturated rings. The van der Waals surface area contributed by atoms with Gasteiger partial charge in [0.1, 0.15) is 18.2 Å². The van der Waals surface area contributed by atoms with Gasteiger partial charge >= 0.3 is 0 Å². The summed E-state index contributed by atoms with van der Waals surface area (Å²) < 4.78 is 28.2. The summed E-state index contributed by atoms with van der Waals surface area (Å²) in [5, 5.41) is 13.8. The smallest absolute Gasteiger partial charge is 0.256 e. The predicted octanol–water partition coefficient (Wildman–Crippen LogP) is 3.90. The number of rotatable bonds is 4. The van der Waals surface area contributed by atoms with E-state index >= 15 is 0 Å². The number of aromatic nitrogens is 1. The Morgan fingerprint density at radius 1 is 1.09 bits per heavy atom. The Bertz CT molecular complexity index is 1390. The third-order valence-electron chi connectivity index (χ3n) is 5.95. The molecule has 0 radical (unpaired) electrons. The van der Waals surface area contributed by atoms with Crippen molar-refractivity contribution in [1.29, 1.82) is 0 Å². The summed E-state index contributed by atoms with van der Waals surface area (Å²) >= 11 is 0. The highest BCUT2D eigenvalue weighted by molar-refractivity contribution is 6.35. The highest BCUT2D eigenvalue weighted by Gasteiger charge is 2.30. The molecule has 4 N–H and O–H groups in total. The van der Waals surface area contributed by atoms with Crippen LogP contribution in [0.4, 0.5) is 20.2 Å². The summed E-state index contributed by atoms with van der Waals surface area (Å²) in [5.41, 5.74) is 3.52. The number of nitrogens with one attached hydrogen (secondary N) is 3. The predicted molar refractivity (Wildman–Crippen MR) is 122 cm³/mol. The summed E-state index contributed by atoms with van der Waals surface area (Å²) in [6.07, 6.45) is 3.30. The van der Waals surface area contributed by atoms with Crippen LogP contribution in [-0.2, 0) is 16.0 Å². The van der Waals surface area contributed by atoms with Gasteiger partial charge in [0.2, 0.25) is 5.91 Å². The van der Waals surface area contributed by atoms with Gasteiger partial charge in [-0.1, -0.05) is 12.1 Å². The number of anilines is 2. The monoisotopic (exact) mass is 463 g/mol. The summed E-state index contributed by atoms with van der Waals surface area (Å²) in [4.78, 5) is 40.2. The fraction of sp³-hybridized carbons (Fsp3) is 0.160. The SMILES string of the molecule is O=C(CO)Nc1cc2c(cc1F)/C(=C/c1[nH]c3c(c1-c1ccc(F)cc1)C(=O)CCC3)C(=O)N2. The van der Waals surface area contributed by atoms with E-state index in [1.807, 2.05) is 0 Å². The molecule has 0 atom stereocenters. The molecule has 0 spiro atoms. The molecule has 2 aliphatic rings. The lowest BCUT2D eigenvalue weighted by atomic mass is 9.90. The number of aromatic amines is 1. The molecule has 2 heterocycles. The van der Waals surface area contributed by atoms with Gasteiger partial charge in [0, 0.05) is 34.5 Å². The van der Waals surface area contributed by atoms with E-state index in [2.05, 4.69) is 15.6 Å². The first-order valence-corrected chi connectivity index (χ1v) is 10.7. The Morgan fingerprint density at radius 2 is 1.85 bits per heavy atom. The molecule has 2 amide bonds. The van der Waals surface area contributed by atoms with E-state index < -0.39 is 30.1 Å². The van der Waals surface area contributed by atoms with Crippen LogP contribution in [0.1, 0.15) is 40.2 Å². The van der Waals surface area contributed by atoms with Crippen molar-refractivity contribution in [1.82, 2.24) is 4.98 Å². The van der Waals surface area contributed by atoms with Crippen molar-refractivity contribution in [2.75, 3.05) is 17.2 Å². The number of aliphatic hydroxyl groups is 1. The van der Waals surface area contributed by atoms with Gasteiger partial charge in [-0.3, -0.25) is 14.4 Å². The molecule has 0 saturated carbocycles. The van der Waals surface area contributed by atoms with Crippen molar-refractivity contribution in [3.05, 3.63) is 70.5 Å². The van der Waals surface area contributed by atoms with Gasteiger partial charge in [-0.15, -0.1) is 0 Å². The van der Waals surface area contributed by atoms with E-state index in [-0.39, 0.29) is 22.6 Å². The Labute approximate surface area is 192 Å². The first-order valence-electron chi connectivity index (χ1n) is 10.7. The van der Waals surface area contributed by atoms with Crippen LogP contribution in [0.25, 0.3) is 22.8 Å². The van der Waals surface area contributed by atoms with Gasteiger partial charge in [0.15, 0.2) is 5.78 Å². The number of hydrogen-bond acceptors (Lipinski definition) is 4. The first-order chi connectivity index (χ1) is 16.4. The van der Waals surface area contributed by atoms with Crippen LogP contribution in [0.2, 0.25) is 0 Å². The number of Topliss-reactive ketones (excluding diaryl/α,β-unsaturated/α-hetero) is 1. The van der Waals surface area contributed by atoms with E-state index in [1.165, 1.54) is 18.2 Å². The van der Waals surface area contributed by atoms with Crippen LogP contribution in [0.15, 0.2) is 36.4 Å². The van der Waals surface area contributed by atoms with E-state index in [4.69, 9.17) is 5.11 Å². The van der Waals surface area contributed by atoms with Crippen molar-refractivity contribution in [3.8, 4) is 11.1 Å². The quantitative estimate of drug-likeness (QED) is 0.440. The van der Waals surface area contributed by atoms with Crippen molar-refractivity contribution >= 4 is 40.6 Å². The minimum atomic E-state index is -0.809. The largest absolute Gasteiger partial charge is 0.387 e. The molecule has 34 heavy (non-hydrogen) atoms. The highest BCUT2D eigenvalue weighted by atomic mass is 19.1. The van der Waals surface area contributed by atoms with Crippen molar-refractivity contribution in [3.63, 3.8) is 0 Å². The number of halogens is 2. The fourth-order valence-corrected chi connectivity index (χ4v) is 4.43. The maximum absolute atomic E-state index is 14.6. The second-order valence-electron chi connectivity index (χ2n) is 8.15. The lowest BCUT2D eigenvalue weighted by Gasteiger charge is -2.12. The van der Waals surface area contributed by atoms with Gasteiger partial charge < -0.3 is 20.7 Å². The Balaban J connectivity index is 1.65. The summed E-state index contributed by atoms with van der Waals surface area (Å²) in [7, 11) is 0. The second-order valence-corrected chi connectivity index (χ2v) is 8.15. The van der Waals surface area contributed by atoms with Gasteiger partial charge in [-0.2, -0.15) is 0 Å². The highest BCUT2D eigenvalue weighted by Crippen LogP contribution is 2.40. The van der Waals surface area contributed by atoms with Crippen LogP contribution in [0.3, 0.4) is 0 Å². The topological polar surface area (TPSA) is 111 Å². The molecule has 7 nitrogen and oxygen atoms in total. The van der Waals surface area contributed by atoms with Gasteiger partial charge in [-0.05, 0) is 48.7 Å². The van der Waals surface area contributed by atoms with Gasteiger partial charge in [-0.25, -0.2) is 8.78 Å². The summed E-state index contributed by atoms with van der Waals surface area (Å²) in [6, 6.07) is 8.14. The molecular formula is C25H19F2N3O4. The Morgan fingerprint density at radius 3 is 2.59 bits per heavy atom. The maximum atomic E-state index is 14.6. The normalized spacial score (nSPS) is 15.8. The number of hydrogen-bond donors (Lipinski definition) is 4. The van der Waals surface area contributed by atoms with Crippen LogP contribution in [0, 0.1) is 11.6 Å². The van der Waals surface area contributed by atoms with Crippen molar-refractivity contribution in [2.45, 2.75) is 19.3 Å². The Kier molecular flexibility index (Phi) is 5.33. The third-order valence-corrected chi connectivity index (χ3v) is 5.95. The molecule has 9 heteroatoms. The molecule has 1 aliphatic carbocycles. The van der Waals surface area contributed by atoms with Crippen LogP contribution in [0.5, 0.6) is 0 Å². The number of amides is 2. The van der Waals surface area contributed by atoms with Crippen molar-refractivity contribution in [2.24, 2.45) is 0 Å². The second kappa shape index (κ2) is 8.35. The fourth-order valence-electron chi connectivity index (χ4n) is 4.43. The van der Waals surface area contributed by atoms with Crippen LogP contribution < -0.4 is 10.6 Å². The van der Waals surface area contributed by atoms with Crippen LogP contribution >= 0.6 is 0 Å². The summed E-state index contributed by atoms with van der Waals surface area (Å²) in [6.45, 7) is -0.809. The molecule has 172 valence electrons. The Hall–Kier alpha value is -4.11. The minimum Gasteiger partial charge on any atom is -0.387 e. The summed E-state index contributed by atoms with van der Waals surface area (Å²) in [5.74, 6) is -2.49. The minimum absolute atomic E-state index is 0.0342. The first kappa shape index (κ1) is 21.7. The van der Waals surface area contributed by atoms with Gasteiger partial charge in [0.25, 0.3) is 5.91 Å². The van der Waals surface area contributed by atoms with Crippen molar-refractivity contribution < 1.29 is 28.3 Å². The average Bonchev–Trinajstić information content (AvgIpc) is 3.33. The number of ketones is 1. The van der Waals surface area contributed by atoms with E-state index in [0.29, 0.717) is 47.3 Å². The standard InChI is InChI=1S/C25H19F2N3O4/c26-13-6-4-12(5-7-13)23-20(28-17-2-1-3-21(32)24(17)23)9-15-14-8-16(27)19(29-22(33)11-31)10-18(14)30-25(15)34/h4-10,28,31H,1-3,11H2,(H,29,33)(H,30,34)/b15-9-. The molecule has 1 aliphatic heterocycles. The van der Waals surface area contributed by atoms with E-state index in [1.54, 1.807) is 18.2 Å². The number of carbonyl (C=O) groups is 3. The molecule has 5 rings (SSSR count). The number of fused-ring (bicyclic) bond motifs is 2. The number of carbonyl (C=O) groups excluding carboxylic acids is 3. The molecular weight excluding hydrogens is 444 g/mol. The number of benzene rings is 2. The lowest BCUT2D eigenvalue weighted by molar-refractivity contribution is -0.118.